The highest BCUT2D eigenvalue weighted by Crippen LogP contribution is 2.16. The summed E-state index contributed by atoms with van der Waals surface area (Å²) in [6.45, 7) is 15.9. The van der Waals surface area contributed by atoms with Crippen molar-refractivity contribution < 1.29 is 4.39 Å². The largest absolute Gasteiger partial charge is 0.369 e. The van der Waals surface area contributed by atoms with Gasteiger partial charge in [0.05, 0.1) is 0 Å². The molecule has 2 N–H and O–H groups in total. The standard InChI is InChI=1S/C23H41FN6.HI/c1-5-28(6-2)14-7-8-20(3)27-23(25-4)26-13-15-29-16-18-30(19-17-29)22-11-9-21(24)10-12-22;/h9-12,20H,5-8,13-19H2,1-4H3,(H2,25,26,27);1H. The molecule has 1 aliphatic rings. The van der Waals surface area contributed by atoms with Crippen LogP contribution in [0.4, 0.5) is 10.1 Å². The summed E-state index contributed by atoms with van der Waals surface area (Å²) in [5.74, 6) is 0.707. The van der Waals surface area contributed by atoms with Crippen LogP contribution in [0.15, 0.2) is 29.3 Å². The van der Waals surface area contributed by atoms with Crippen LogP contribution in [0.5, 0.6) is 0 Å². The van der Waals surface area contributed by atoms with E-state index in [9.17, 15) is 4.39 Å². The van der Waals surface area contributed by atoms with E-state index in [1.165, 1.54) is 18.6 Å². The summed E-state index contributed by atoms with van der Waals surface area (Å²) in [5, 5.41) is 6.96. The molecule has 31 heavy (non-hydrogen) atoms. The van der Waals surface area contributed by atoms with Gasteiger partial charge in [0.25, 0.3) is 0 Å². The van der Waals surface area contributed by atoms with E-state index < -0.39 is 0 Å². The number of anilines is 1. The Kier molecular flexibility index (Phi) is 14.1. The molecule has 1 heterocycles. The third-order valence-electron chi connectivity index (χ3n) is 5.90. The highest BCUT2D eigenvalue weighted by molar-refractivity contribution is 14.0. The molecule has 1 atom stereocenters. The number of hydrogen-bond donors (Lipinski definition) is 2. The molecule has 0 saturated carbocycles. The summed E-state index contributed by atoms with van der Waals surface area (Å²) in [4.78, 5) is 11.6. The average Bonchev–Trinajstić information content (AvgIpc) is 2.77. The Balaban J connectivity index is 0.00000480. The lowest BCUT2D eigenvalue weighted by molar-refractivity contribution is 0.261. The van der Waals surface area contributed by atoms with Gasteiger partial charge in [-0.1, -0.05) is 13.8 Å². The second-order valence-electron chi connectivity index (χ2n) is 8.02. The minimum atomic E-state index is -0.177. The number of rotatable bonds is 11. The Hall–Kier alpha value is -1.13. The van der Waals surface area contributed by atoms with Gasteiger partial charge >= 0.3 is 0 Å². The fraction of sp³-hybridized carbons (Fsp3) is 0.696. The Morgan fingerprint density at radius 1 is 1.13 bits per heavy atom. The van der Waals surface area contributed by atoms with E-state index in [1.54, 1.807) is 0 Å². The first-order chi connectivity index (χ1) is 14.5. The molecule has 1 aromatic rings. The molecule has 1 fully saturated rings. The highest BCUT2D eigenvalue weighted by Gasteiger charge is 2.17. The van der Waals surface area contributed by atoms with E-state index in [-0.39, 0.29) is 29.8 Å². The van der Waals surface area contributed by atoms with Crippen molar-refractivity contribution in [2.24, 2.45) is 4.99 Å². The molecule has 1 aliphatic heterocycles. The van der Waals surface area contributed by atoms with Gasteiger partial charge in [0, 0.05) is 58.0 Å². The SMILES string of the molecule is CCN(CC)CCCC(C)NC(=NC)NCCN1CCN(c2ccc(F)cc2)CC1.I. The zero-order chi connectivity index (χ0) is 21.8. The summed E-state index contributed by atoms with van der Waals surface area (Å²) >= 11 is 0. The number of halogens is 2. The molecule has 0 bridgehead atoms. The van der Waals surface area contributed by atoms with Crippen molar-refractivity contribution in [2.45, 2.75) is 39.7 Å². The molecule has 1 saturated heterocycles. The lowest BCUT2D eigenvalue weighted by Crippen LogP contribution is -2.50. The number of hydrogen-bond acceptors (Lipinski definition) is 4. The van der Waals surface area contributed by atoms with Crippen LogP contribution in [-0.4, -0.2) is 87.8 Å². The van der Waals surface area contributed by atoms with Crippen LogP contribution in [0.3, 0.4) is 0 Å². The zero-order valence-electron chi connectivity index (χ0n) is 19.7. The van der Waals surface area contributed by atoms with E-state index >= 15 is 0 Å². The summed E-state index contributed by atoms with van der Waals surface area (Å²) < 4.78 is 13.1. The quantitative estimate of drug-likeness (QED) is 0.253. The van der Waals surface area contributed by atoms with Gasteiger partial charge in [-0.25, -0.2) is 4.39 Å². The number of piperazine rings is 1. The van der Waals surface area contributed by atoms with Gasteiger partial charge in [0.1, 0.15) is 5.82 Å². The van der Waals surface area contributed by atoms with Crippen LogP contribution in [0, 0.1) is 5.82 Å². The molecule has 1 aromatic carbocycles. The normalized spacial score (nSPS) is 16.2. The maximum Gasteiger partial charge on any atom is 0.191 e. The molecule has 8 heteroatoms. The Morgan fingerprint density at radius 3 is 2.35 bits per heavy atom. The molecule has 0 spiro atoms. The second-order valence-corrected chi connectivity index (χ2v) is 8.02. The predicted molar refractivity (Wildman–Crippen MR) is 141 cm³/mol. The third kappa shape index (κ3) is 10.4. The molecule has 0 aliphatic carbocycles. The molecule has 0 amide bonds. The van der Waals surface area contributed by atoms with Crippen LogP contribution >= 0.6 is 24.0 Å². The maximum atomic E-state index is 13.1. The van der Waals surface area contributed by atoms with Crippen molar-refractivity contribution >= 4 is 35.6 Å². The maximum absolute atomic E-state index is 13.1. The molecule has 0 aromatic heterocycles. The van der Waals surface area contributed by atoms with E-state index in [0.717, 1.165) is 77.0 Å². The van der Waals surface area contributed by atoms with Crippen LogP contribution in [0.2, 0.25) is 0 Å². The number of guanidine groups is 1. The predicted octanol–water partition coefficient (Wildman–Crippen LogP) is 3.24. The monoisotopic (exact) mass is 548 g/mol. The van der Waals surface area contributed by atoms with Gasteiger partial charge in [-0.3, -0.25) is 9.89 Å². The number of benzene rings is 1. The highest BCUT2D eigenvalue weighted by atomic mass is 127. The minimum absolute atomic E-state index is 0. The van der Waals surface area contributed by atoms with Gasteiger partial charge in [-0.2, -0.15) is 0 Å². The fourth-order valence-corrected chi connectivity index (χ4v) is 3.88. The van der Waals surface area contributed by atoms with Gasteiger partial charge in [-0.15, -0.1) is 24.0 Å². The number of aliphatic imine (C=N–C) groups is 1. The Bertz CT molecular complexity index is 615. The molecule has 0 radical (unpaired) electrons. The number of nitrogens with one attached hydrogen (secondary N) is 2. The molecule has 2 rings (SSSR count). The lowest BCUT2D eigenvalue weighted by Gasteiger charge is -2.36. The van der Waals surface area contributed by atoms with E-state index in [2.05, 4.69) is 51.1 Å². The molecular weight excluding hydrogens is 506 g/mol. The average molecular weight is 549 g/mol. The van der Waals surface area contributed by atoms with Gasteiger partial charge in [0.2, 0.25) is 0 Å². The van der Waals surface area contributed by atoms with Crippen molar-refractivity contribution in [1.29, 1.82) is 0 Å². The van der Waals surface area contributed by atoms with Crippen LogP contribution < -0.4 is 15.5 Å². The van der Waals surface area contributed by atoms with Crippen molar-refractivity contribution in [2.75, 3.05) is 70.9 Å². The van der Waals surface area contributed by atoms with Crippen molar-refractivity contribution in [1.82, 2.24) is 20.4 Å². The van der Waals surface area contributed by atoms with E-state index in [0.29, 0.717) is 6.04 Å². The summed E-state index contributed by atoms with van der Waals surface area (Å²) in [6.07, 6.45) is 2.34. The smallest absolute Gasteiger partial charge is 0.191 e. The lowest BCUT2D eigenvalue weighted by atomic mass is 10.2. The fourth-order valence-electron chi connectivity index (χ4n) is 3.88. The van der Waals surface area contributed by atoms with Crippen molar-refractivity contribution in [3.8, 4) is 0 Å². The minimum Gasteiger partial charge on any atom is -0.369 e. The first-order valence-corrected chi connectivity index (χ1v) is 11.5. The topological polar surface area (TPSA) is 46.1 Å². The Morgan fingerprint density at radius 2 is 1.77 bits per heavy atom. The van der Waals surface area contributed by atoms with Crippen molar-refractivity contribution in [3.63, 3.8) is 0 Å². The molecule has 1 unspecified atom stereocenters. The molecule has 6 nitrogen and oxygen atoms in total. The molecular formula is C23H42FIN6. The van der Waals surface area contributed by atoms with Crippen molar-refractivity contribution in [3.05, 3.63) is 30.1 Å². The second kappa shape index (κ2) is 15.6. The van der Waals surface area contributed by atoms with E-state index in [1.807, 2.05) is 19.2 Å². The van der Waals surface area contributed by atoms with Gasteiger partial charge < -0.3 is 20.4 Å². The third-order valence-corrected chi connectivity index (χ3v) is 5.90. The summed E-state index contributed by atoms with van der Waals surface area (Å²) in [6, 6.07) is 7.21. The summed E-state index contributed by atoms with van der Waals surface area (Å²) in [7, 11) is 1.83. The molecule has 178 valence electrons. The first-order valence-electron chi connectivity index (χ1n) is 11.5. The van der Waals surface area contributed by atoms with Crippen LogP contribution in [-0.2, 0) is 0 Å². The van der Waals surface area contributed by atoms with Crippen LogP contribution in [0.25, 0.3) is 0 Å². The van der Waals surface area contributed by atoms with E-state index in [4.69, 9.17) is 0 Å². The summed E-state index contributed by atoms with van der Waals surface area (Å²) in [5.41, 5.74) is 1.11. The zero-order valence-corrected chi connectivity index (χ0v) is 22.1. The van der Waals surface area contributed by atoms with Gasteiger partial charge in [-0.05, 0) is 63.7 Å². The van der Waals surface area contributed by atoms with Gasteiger partial charge in [0.15, 0.2) is 5.96 Å². The first kappa shape index (κ1) is 27.9. The number of nitrogens with zero attached hydrogens (tertiary/aromatic N) is 4. The Labute approximate surface area is 205 Å². The van der Waals surface area contributed by atoms with Crippen LogP contribution in [0.1, 0.15) is 33.6 Å².